The van der Waals surface area contributed by atoms with Gasteiger partial charge in [0.1, 0.15) is 10.8 Å². The Hall–Kier alpha value is -3.43. The number of aromatic nitrogens is 3. The molecule has 1 amide bonds. The lowest BCUT2D eigenvalue weighted by Crippen LogP contribution is -2.48. The van der Waals surface area contributed by atoms with E-state index in [0.29, 0.717) is 53.9 Å². The zero-order valence-electron chi connectivity index (χ0n) is 17.1. The van der Waals surface area contributed by atoms with Gasteiger partial charge in [0.2, 0.25) is 4.96 Å². The van der Waals surface area contributed by atoms with Crippen molar-refractivity contribution in [1.82, 2.24) is 24.4 Å². The Morgan fingerprint density at radius 3 is 2.44 bits per heavy atom. The summed E-state index contributed by atoms with van der Waals surface area (Å²) in [6, 6.07) is 16.8. The van der Waals surface area contributed by atoms with Crippen LogP contribution in [0, 0.1) is 5.82 Å². The van der Waals surface area contributed by atoms with Crippen LogP contribution in [-0.4, -0.2) is 56.5 Å². The highest BCUT2D eigenvalue weighted by Gasteiger charge is 2.22. The number of rotatable bonds is 4. The van der Waals surface area contributed by atoms with Crippen LogP contribution in [0.1, 0.15) is 16.1 Å². The summed E-state index contributed by atoms with van der Waals surface area (Å²) in [4.78, 5) is 34.4. The summed E-state index contributed by atoms with van der Waals surface area (Å²) in [5.74, 6) is -0.279. The normalized spacial score (nSPS) is 14.7. The fourth-order valence-electron chi connectivity index (χ4n) is 3.75. The second-order valence-corrected chi connectivity index (χ2v) is 8.58. The van der Waals surface area contributed by atoms with Crippen molar-refractivity contribution in [2.75, 3.05) is 26.2 Å². The summed E-state index contributed by atoms with van der Waals surface area (Å²) in [6.45, 7) is 3.21. The van der Waals surface area contributed by atoms with Crippen LogP contribution in [0.2, 0.25) is 0 Å². The summed E-state index contributed by atoms with van der Waals surface area (Å²) in [6.07, 6.45) is 0. The molecule has 32 heavy (non-hydrogen) atoms. The Kier molecular flexibility index (Phi) is 5.50. The molecule has 162 valence electrons. The molecule has 0 saturated carbocycles. The number of hydrogen-bond donors (Lipinski definition) is 0. The fourth-order valence-corrected chi connectivity index (χ4v) is 4.68. The third kappa shape index (κ3) is 4.17. The van der Waals surface area contributed by atoms with Gasteiger partial charge in [-0.25, -0.2) is 9.37 Å². The smallest absolute Gasteiger partial charge is 0.275 e. The molecule has 0 atom stereocenters. The Morgan fingerprint density at radius 1 is 1.00 bits per heavy atom. The van der Waals surface area contributed by atoms with Crippen molar-refractivity contribution in [2.45, 2.75) is 6.54 Å². The van der Waals surface area contributed by atoms with Gasteiger partial charge in [-0.05, 0) is 36.4 Å². The number of carbonyl (C=O) groups excluding carboxylic acids is 1. The van der Waals surface area contributed by atoms with Gasteiger partial charge in [0.25, 0.3) is 11.5 Å². The number of halogens is 1. The maximum Gasteiger partial charge on any atom is 0.275 e. The van der Waals surface area contributed by atoms with E-state index in [1.165, 1.54) is 34.1 Å². The summed E-state index contributed by atoms with van der Waals surface area (Å²) in [5.41, 5.74) is 1.87. The molecule has 9 heteroatoms. The Bertz CT molecular complexity index is 1310. The van der Waals surface area contributed by atoms with E-state index in [-0.39, 0.29) is 17.3 Å². The van der Waals surface area contributed by atoms with Crippen LogP contribution in [0.4, 0.5) is 4.39 Å². The first-order chi connectivity index (χ1) is 15.6. The van der Waals surface area contributed by atoms with Crippen molar-refractivity contribution in [3.05, 3.63) is 88.1 Å². The molecule has 2 aromatic carbocycles. The first-order valence-electron chi connectivity index (χ1n) is 10.3. The molecule has 2 aromatic heterocycles. The van der Waals surface area contributed by atoms with Gasteiger partial charge < -0.3 is 4.90 Å². The SMILES string of the molecule is O=C(c1ccccc1)N1CCN(Cc2cc(=O)n3nc(-c4ccc(F)cc4)sc3n2)CC1. The van der Waals surface area contributed by atoms with E-state index >= 15 is 0 Å². The number of amides is 1. The number of hydrogen-bond acceptors (Lipinski definition) is 6. The van der Waals surface area contributed by atoms with Crippen molar-refractivity contribution in [3.8, 4) is 10.6 Å². The lowest BCUT2D eigenvalue weighted by molar-refractivity contribution is 0.0627. The summed E-state index contributed by atoms with van der Waals surface area (Å²) in [7, 11) is 0. The van der Waals surface area contributed by atoms with Gasteiger partial charge in [-0.2, -0.15) is 9.61 Å². The molecule has 0 N–H and O–H groups in total. The fraction of sp³-hybridized carbons (Fsp3) is 0.217. The van der Waals surface area contributed by atoms with E-state index < -0.39 is 0 Å². The van der Waals surface area contributed by atoms with Crippen LogP contribution < -0.4 is 5.56 Å². The first kappa shape index (κ1) is 20.5. The standard InChI is InChI=1S/C23H20FN5O2S/c24-18-8-6-16(7-9-18)21-26-29-20(30)14-19(25-23(29)32-21)15-27-10-12-28(13-11-27)22(31)17-4-2-1-3-5-17/h1-9,14H,10-13,15H2. The molecule has 0 radical (unpaired) electrons. The molecule has 1 saturated heterocycles. The molecule has 0 unspecified atom stereocenters. The number of benzene rings is 2. The minimum atomic E-state index is -0.321. The minimum Gasteiger partial charge on any atom is -0.336 e. The van der Waals surface area contributed by atoms with Crippen LogP contribution in [0.5, 0.6) is 0 Å². The quantitative estimate of drug-likeness (QED) is 0.479. The number of nitrogens with zero attached hydrogens (tertiary/aromatic N) is 5. The molecule has 5 rings (SSSR count). The Balaban J connectivity index is 1.28. The average Bonchev–Trinajstić information content (AvgIpc) is 3.25. The predicted octanol–water partition coefficient (Wildman–Crippen LogP) is 2.92. The molecule has 0 spiro atoms. The van der Waals surface area contributed by atoms with E-state index in [4.69, 9.17) is 0 Å². The monoisotopic (exact) mass is 449 g/mol. The van der Waals surface area contributed by atoms with Crippen molar-refractivity contribution in [3.63, 3.8) is 0 Å². The predicted molar refractivity (Wildman–Crippen MR) is 120 cm³/mol. The van der Waals surface area contributed by atoms with Crippen molar-refractivity contribution >= 4 is 22.2 Å². The first-order valence-corrected chi connectivity index (χ1v) is 11.1. The minimum absolute atomic E-state index is 0.0426. The van der Waals surface area contributed by atoms with E-state index in [0.717, 1.165) is 5.56 Å². The van der Waals surface area contributed by atoms with Crippen LogP contribution >= 0.6 is 11.3 Å². The highest BCUT2D eigenvalue weighted by molar-refractivity contribution is 7.19. The zero-order chi connectivity index (χ0) is 22.1. The van der Waals surface area contributed by atoms with Crippen LogP contribution in [0.15, 0.2) is 65.5 Å². The third-order valence-corrected chi connectivity index (χ3v) is 6.41. The van der Waals surface area contributed by atoms with Gasteiger partial charge in [-0.3, -0.25) is 14.5 Å². The lowest BCUT2D eigenvalue weighted by atomic mass is 10.2. The van der Waals surface area contributed by atoms with Crippen LogP contribution in [0.25, 0.3) is 15.5 Å². The van der Waals surface area contributed by atoms with Gasteiger partial charge in [0.15, 0.2) is 0 Å². The van der Waals surface area contributed by atoms with Gasteiger partial charge in [0, 0.05) is 49.9 Å². The lowest BCUT2D eigenvalue weighted by Gasteiger charge is -2.34. The highest BCUT2D eigenvalue weighted by atomic mass is 32.1. The number of fused-ring (bicyclic) bond motifs is 1. The van der Waals surface area contributed by atoms with E-state index in [1.54, 1.807) is 12.1 Å². The summed E-state index contributed by atoms with van der Waals surface area (Å²) in [5, 5.41) is 4.95. The maximum absolute atomic E-state index is 13.2. The summed E-state index contributed by atoms with van der Waals surface area (Å²) < 4.78 is 14.5. The Morgan fingerprint density at radius 2 is 1.72 bits per heavy atom. The molecule has 3 heterocycles. The molecule has 1 aliphatic rings. The van der Waals surface area contributed by atoms with Crippen LogP contribution in [0.3, 0.4) is 0 Å². The van der Waals surface area contributed by atoms with Crippen molar-refractivity contribution < 1.29 is 9.18 Å². The number of piperazine rings is 1. The molecule has 0 bridgehead atoms. The Labute approximate surface area is 187 Å². The second kappa shape index (κ2) is 8.60. The molecule has 4 aromatic rings. The van der Waals surface area contributed by atoms with Gasteiger partial charge in [-0.15, -0.1) is 0 Å². The molecule has 7 nitrogen and oxygen atoms in total. The molecule has 1 aliphatic heterocycles. The second-order valence-electron chi connectivity index (χ2n) is 7.63. The average molecular weight is 450 g/mol. The van der Waals surface area contributed by atoms with Crippen molar-refractivity contribution in [1.29, 1.82) is 0 Å². The van der Waals surface area contributed by atoms with Gasteiger partial charge in [0.05, 0.1) is 5.69 Å². The number of carbonyl (C=O) groups is 1. The van der Waals surface area contributed by atoms with E-state index in [2.05, 4.69) is 15.0 Å². The molecular formula is C23H20FN5O2S. The van der Waals surface area contributed by atoms with Crippen molar-refractivity contribution in [2.24, 2.45) is 0 Å². The van der Waals surface area contributed by atoms with Gasteiger partial charge in [-0.1, -0.05) is 29.5 Å². The van der Waals surface area contributed by atoms with Crippen LogP contribution in [-0.2, 0) is 6.54 Å². The molecule has 1 fully saturated rings. The highest BCUT2D eigenvalue weighted by Crippen LogP contribution is 2.24. The third-order valence-electron chi connectivity index (χ3n) is 5.46. The molecule has 0 aliphatic carbocycles. The van der Waals surface area contributed by atoms with Gasteiger partial charge >= 0.3 is 0 Å². The van der Waals surface area contributed by atoms with E-state index in [1.807, 2.05) is 35.2 Å². The maximum atomic E-state index is 13.2. The topological polar surface area (TPSA) is 70.8 Å². The molecular weight excluding hydrogens is 429 g/mol. The largest absolute Gasteiger partial charge is 0.336 e. The van der Waals surface area contributed by atoms with E-state index in [9.17, 15) is 14.0 Å². The summed E-state index contributed by atoms with van der Waals surface area (Å²) >= 11 is 1.30. The zero-order valence-corrected chi connectivity index (χ0v) is 18.0.